The van der Waals surface area contributed by atoms with Crippen LogP contribution in [0.5, 0.6) is 11.5 Å². The Morgan fingerprint density at radius 3 is 2.58 bits per heavy atom. The van der Waals surface area contributed by atoms with Crippen molar-refractivity contribution in [3.63, 3.8) is 0 Å². The third-order valence-corrected chi connectivity index (χ3v) is 10.9. The van der Waals surface area contributed by atoms with E-state index in [-0.39, 0.29) is 29.7 Å². The molecule has 0 spiro atoms. The summed E-state index contributed by atoms with van der Waals surface area (Å²) in [6.45, 7) is 3.74. The number of anilines is 2. The van der Waals surface area contributed by atoms with Gasteiger partial charge in [0, 0.05) is 99.6 Å². The van der Waals surface area contributed by atoms with Crippen LogP contribution in [0.15, 0.2) is 60.6 Å². The Bertz CT molecular complexity index is 2290. The molecule has 1 fully saturated rings. The van der Waals surface area contributed by atoms with Crippen molar-refractivity contribution < 1.29 is 36.6 Å². The summed E-state index contributed by atoms with van der Waals surface area (Å²) in [4.78, 5) is 38.4. The molecule has 5 heterocycles. The van der Waals surface area contributed by atoms with Gasteiger partial charge in [0.2, 0.25) is 11.8 Å². The molecule has 2 aromatic carbocycles. The molecule has 1 saturated heterocycles. The maximum Gasteiger partial charge on any atom is 0.737 e. The number of hydrogen-bond donors (Lipinski definition) is 2. The van der Waals surface area contributed by atoms with Gasteiger partial charge in [-0.2, -0.15) is 0 Å². The molecule has 4 aromatic rings. The van der Waals surface area contributed by atoms with Crippen molar-refractivity contribution in [2.75, 3.05) is 58.3 Å². The van der Waals surface area contributed by atoms with Crippen LogP contribution in [0.2, 0.25) is 5.02 Å². The lowest BCUT2D eigenvalue weighted by Crippen LogP contribution is -2.50. The van der Waals surface area contributed by atoms with Crippen molar-refractivity contribution in [2.24, 2.45) is 0 Å². The zero-order valence-corrected chi connectivity index (χ0v) is 32.9. The Morgan fingerprint density at radius 1 is 1.00 bits per heavy atom. The largest absolute Gasteiger partial charge is 0.737 e. The lowest BCUT2D eigenvalue weighted by Gasteiger charge is -2.34. The van der Waals surface area contributed by atoms with Crippen LogP contribution in [0, 0.1) is 19.7 Å². The predicted octanol–water partition coefficient (Wildman–Crippen LogP) is 6.48. The van der Waals surface area contributed by atoms with E-state index in [2.05, 4.69) is 25.5 Å². The van der Waals surface area contributed by atoms with Crippen LogP contribution in [0.3, 0.4) is 0 Å². The van der Waals surface area contributed by atoms with Gasteiger partial charge in [-0.3, -0.25) is 14.5 Å². The second-order valence-electron chi connectivity index (χ2n) is 14.5. The van der Waals surface area contributed by atoms with Gasteiger partial charge >= 0.3 is 6.97 Å². The maximum atomic E-state index is 15.7. The van der Waals surface area contributed by atoms with E-state index in [1.54, 1.807) is 50.5 Å². The van der Waals surface area contributed by atoms with Gasteiger partial charge < -0.3 is 42.6 Å². The average Bonchev–Trinajstić information content (AvgIpc) is 3.75. The van der Waals surface area contributed by atoms with Crippen LogP contribution in [0.25, 0.3) is 17.0 Å². The molecule has 0 unspecified atom stereocenters. The monoisotopic (exact) mass is 804 g/mol. The molecule has 2 amide bonds. The Balaban J connectivity index is 0.807. The molecule has 7 rings (SSSR count). The average molecular weight is 805 g/mol. The number of nitrogens with zero attached hydrogens (tertiary/aromatic N) is 6. The van der Waals surface area contributed by atoms with Crippen molar-refractivity contribution in [3.05, 3.63) is 88.4 Å². The van der Waals surface area contributed by atoms with Crippen molar-refractivity contribution in [1.29, 1.82) is 0 Å². The van der Waals surface area contributed by atoms with Gasteiger partial charge in [0.25, 0.3) is 0 Å². The fraction of sp³-hybridized carbons (Fsp3) is 0.375. The van der Waals surface area contributed by atoms with E-state index in [0.717, 1.165) is 40.6 Å². The Kier molecular flexibility index (Phi) is 11.9. The highest BCUT2D eigenvalue weighted by atomic mass is 35.5. The number of amides is 2. The first-order valence-corrected chi connectivity index (χ1v) is 19.5. The predicted molar refractivity (Wildman–Crippen MR) is 215 cm³/mol. The molecular formula is C40H45BClF3N8O4. The molecule has 0 bridgehead atoms. The lowest BCUT2D eigenvalue weighted by atomic mass is 9.90. The number of halogens is 4. The molecule has 12 nitrogen and oxygen atoms in total. The molecule has 57 heavy (non-hydrogen) atoms. The molecule has 2 N–H and O–H groups in total. The smallest absolute Gasteiger partial charge is 0.493 e. The zero-order chi connectivity index (χ0) is 40.3. The summed E-state index contributed by atoms with van der Waals surface area (Å²) >= 11 is 5.96. The maximum absolute atomic E-state index is 15.7. The number of aromatic nitrogens is 3. The lowest BCUT2D eigenvalue weighted by molar-refractivity contribution is -0.362. The summed E-state index contributed by atoms with van der Waals surface area (Å²) in [5.41, 5.74) is 3.89. The number of rotatable bonds is 15. The number of benzene rings is 2. The van der Waals surface area contributed by atoms with Gasteiger partial charge in [-0.15, -0.1) is 0 Å². The van der Waals surface area contributed by atoms with E-state index in [4.69, 9.17) is 21.1 Å². The summed E-state index contributed by atoms with van der Waals surface area (Å²) in [7, 11) is 1.57. The molecule has 0 radical (unpaired) electrons. The Labute approximate surface area is 334 Å². The summed E-state index contributed by atoms with van der Waals surface area (Å²) in [6, 6.07) is 9.70. The number of methoxy groups -OCH3 is 1. The number of hydrogen-bond acceptors (Lipinski definition) is 8. The van der Waals surface area contributed by atoms with Gasteiger partial charge in [0.05, 0.1) is 24.3 Å². The highest BCUT2D eigenvalue weighted by Gasteiger charge is 2.52. The third-order valence-electron chi connectivity index (χ3n) is 10.6. The van der Waals surface area contributed by atoms with Gasteiger partial charge in [-0.25, -0.2) is 14.4 Å². The van der Waals surface area contributed by atoms with Crippen LogP contribution in [-0.2, 0) is 9.59 Å². The minimum atomic E-state index is -4.06. The second-order valence-corrected chi connectivity index (χ2v) is 14.9. The first-order chi connectivity index (χ1) is 27.4. The van der Waals surface area contributed by atoms with E-state index < -0.39 is 12.8 Å². The van der Waals surface area contributed by atoms with Crippen molar-refractivity contribution in [1.82, 2.24) is 29.6 Å². The molecular weight excluding hydrogens is 760 g/mol. The number of fused-ring (bicyclic) bond motifs is 3. The summed E-state index contributed by atoms with van der Waals surface area (Å²) in [5.74, 6) is 0.883. The fourth-order valence-electron chi connectivity index (χ4n) is 7.69. The molecule has 0 aliphatic carbocycles. The molecule has 300 valence electrons. The number of aryl methyl sites for hydroxylation is 2. The van der Waals surface area contributed by atoms with E-state index in [9.17, 15) is 14.0 Å². The number of carbonyl (C=O) groups excluding carboxylic acids is 2. The highest BCUT2D eigenvalue weighted by Crippen LogP contribution is 2.36. The minimum absolute atomic E-state index is 0.00279. The Hall–Kier alpha value is -5.35. The van der Waals surface area contributed by atoms with E-state index in [1.807, 2.05) is 17.9 Å². The van der Waals surface area contributed by atoms with Gasteiger partial charge in [-0.05, 0) is 68.3 Å². The first kappa shape index (κ1) is 39.9. The summed E-state index contributed by atoms with van der Waals surface area (Å²) in [5, 5.41) is 6.71. The number of piperazine rings is 1. The van der Waals surface area contributed by atoms with Gasteiger partial charge in [0.15, 0.2) is 17.2 Å². The van der Waals surface area contributed by atoms with Crippen LogP contribution in [0.1, 0.15) is 49.1 Å². The second kappa shape index (κ2) is 17.0. The van der Waals surface area contributed by atoms with Crippen LogP contribution >= 0.6 is 11.6 Å². The molecule has 2 aromatic heterocycles. The molecule has 0 atom stereocenters. The first-order valence-electron chi connectivity index (χ1n) is 19.1. The Morgan fingerprint density at radius 2 is 1.81 bits per heavy atom. The van der Waals surface area contributed by atoms with Crippen LogP contribution < -0.4 is 20.1 Å². The number of ether oxygens (including phenoxy) is 2. The van der Waals surface area contributed by atoms with E-state index in [0.29, 0.717) is 95.8 Å². The molecule has 17 heteroatoms. The van der Waals surface area contributed by atoms with E-state index in [1.165, 1.54) is 18.5 Å². The fourth-order valence-corrected chi connectivity index (χ4v) is 7.87. The molecule has 0 saturated carbocycles. The molecule has 3 aliphatic rings. The standard InChI is InChI=1S/C40H45BClF3N8O4/c1-26-20-27(2)52-35(26)22-30-9-8-29(53(30)41(52,44)45)10-12-38(54)46-13-4-6-39(55)51-17-15-50(16-18-51)14-5-19-57-37-23-31-34(24-36(37)56-3)47-25-48-40(31)49-28-7-11-33(43)32(42)21-28/h7-9,11,20-25H,4-6,10,12-19H2,1-3H3,(H,46,54)(H,47,48,49). The topological polar surface area (TPSA) is 117 Å². The van der Waals surface area contributed by atoms with Crippen molar-refractivity contribution in [3.8, 4) is 11.5 Å². The normalized spacial score (nSPS) is 16.1. The molecule has 3 aliphatic heterocycles. The van der Waals surface area contributed by atoms with E-state index >= 15 is 8.63 Å². The number of nitrogens with one attached hydrogen (secondary N) is 2. The van der Waals surface area contributed by atoms with Crippen LogP contribution in [0.4, 0.5) is 24.5 Å². The summed E-state index contributed by atoms with van der Waals surface area (Å²) in [6.07, 6.45) is 8.37. The van der Waals surface area contributed by atoms with Gasteiger partial charge in [-0.1, -0.05) is 11.6 Å². The van der Waals surface area contributed by atoms with Gasteiger partial charge in [0.1, 0.15) is 23.7 Å². The zero-order valence-electron chi connectivity index (χ0n) is 32.2. The SMILES string of the molecule is COc1cc2ncnc(Nc3ccc(F)c(Cl)c3)c2cc1OCCCN1CCN(C(=O)CCCNC(=O)CCC2=[N+]3C(=Cc4c(C)cc(C)n4[B-]3(F)F)C=C2)CC1. The number of carbonyl (C=O) groups is 2. The van der Waals surface area contributed by atoms with Crippen molar-refractivity contribution >= 4 is 64.6 Å². The summed E-state index contributed by atoms with van der Waals surface area (Å²) < 4.78 is 58.9. The minimum Gasteiger partial charge on any atom is -0.493 e. The van der Waals surface area contributed by atoms with Crippen LogP contribution in [-0.4, -0.2) is 106 Å². The quantitative estimate of drug-likeness (QED) is 0.104. The number of allylic oxidation sites excluding steroid dienone is 2. The van der Waals surface area contributed by atoms with Crippen molar-refractivity contribution in [2.45, 2.75) is 46.0 Å². The highest BCUT2D eigenvalue weighted by molar-refractivity contribution is 6.58. The third kappa shape index (κ3) is 8.66.